The molecule has 1 aliphatic rings. The molecule has 154 valence electrons. The zero-order valence-corrected chi connectivity index (χ0v) is 17.0. The summed E-state index contributed by atoms with van der Waals surface area (Å²) in [5, 5.41) is 13.0. The zero-order chi connectivity index (χ0) is 20.6. The second kappa shape index (κ2) is 10.2. The van der Waals surface area contributed by atoms with E-state index in [1.54, 1.807) is 24.3 Å². The van der Waals surface area contributed by atoms with Gasteiger partial charge in [0.05, 0.1) is 31.6 Å². The van der Waals surface area contributed by atoms with Crippen molar-refractivity contribution in [2.75, 3.05) is 38.8 Å². The summed E-state index contributed by atoms with van der Waals surface area (Å²) in [6, 6.07) is 5.81. The molecule has 3 heterocycles. The first-order valence-corrected chi connectivity index (χ1v) is 10.1. The molecule has 0 fully saturated rings. The van der Waals surface area contributed by atoms with Gasteiger partial charge >= 0.3 is 0 Å². The van der Waals surface area contributed by atoms with Crippen LogP contribution in [0.2, 0.25) is 0 Å². The van der Waals surface area contributed by atoms with Crippen molar-refractivity contribution in [1.82, 2.24) is 4.90 Å². The minimum Gasteiger partial charge on any atom is -0.469 e. The van der Waals surface area contributed by atoms with Gasteiger partial charge in [-0.25, -0.2) is 0 Å². The zero-order valence-electron chi connectivity index (χ0n) is 16.2. The first-order valence-electron chi connectivity index (χ1n) is 9.33. The molecular formula is C20H23N3O5S. The van der Waals surface area contributed by atoms with Crippen LogP contribution >= 0.6 is 11.3 Å². The number of carbonyl (C=O) groups is 2. The third kappa shape index (κ3) is 5.44. The van der Waals surface area contributed by atoms with E-state index in [1.807, 2.05) is 6.07 Å². The Labute approximate surface area is 173 Å². The van der Waals surface area contributed by atoms with Crippen LogP contribution in [0.1, 0.15) is 28.2 Å². The van der Waals surface area contributed by atoms with Crippen LogP contribution < -0.4 is 5.32 Å². The van der Waals surface area contributed by atoms with Crippen molar-refractivity contribution in [3.8, 4) is 6.07 Å². The fourth-order valence-corrected chi connectivity index (χ4v) is 4.33. The average molecular weight is 417 g/mol. The highest BCUT2D eigenvalue weighted by atomic mass is 32.1. The maximum atomic E-state index is 12.3. The summed E-state index contributed by atoms with van der Waals surface area (Å²) < 4.78 is 15.4. The number of aryl methyl sites for hydroxylation is 1. The second-order valence-corrected chi connectivity index (χ2v) is 7.66. The van der Waals surface area contributed by atoms with Crippen molar-refractivity contribution in [2.45, 2.75) is 25.8 Å². The highest BCUT2D eigenvalue weighted by Gasteiger charge is 2.27. The number of methoxy groups -OCH3 is 1. The Balaban J connectivity index is 1.59. The summed E-state index contributed by atoms with van der Waals surface area (Å²) in [5.41, 5.74) is 1.42. The van der Waals surface area contributed by atoms with E-state index in [0.717, 1.165) is 16.2 Å². The molecule has 2 aromatic rings. The van der Waals surface area contributed by atoms with Gasteiger partial charge in [-0.3, -0.25) is 9.59 Å². The van der Waals surface area contributed by atoms with Crippen molar-refractivity contribution < 1.29 is 23.5 Å². The van der Waals surface area contributed by atoms with Crippen molar-refractivity contribution in [2.24, 2.45) is 0 Å². The Morgan fingerprint density at radius 2 is 2.28 bits per heavy atom. The maximum Gasteiger partial charge on any atom is 0.248 e. The number of hydrogen-bond donors (Lipinski definition) is 1. The van der Waals surface area contributed by atoms with Crippen LogP contribution in [0.5, 0.6) is 0 Å². The monoisotopic (exact) mass is 417 g/mol. The Morgan fingerprint density at radius 3 is 3.00 bits per heavy atom. The van der Waals surface area contributed by atoms with Gasteiger partial charge in [0.15, 0.2) is 0 Å². The number of amides is 2. The minimum atomic E-state index is -0.170. The predicted molar refractivity (Wildman–Crippen MR) is 107 cm³/mol. The Hall–Kier alpha value is -2.67. The lowest BCUT2D eigenvalue weighted by Gasteiger charge is -2.26. The molecule has 0 aromatic carbocycles. The number of rotatable bonds is 9. The summed E-state index contributed by atoms with van der Waals surface area (Å²) in [7, 11) is 1.58. The van der Waals surface area contributed by atoms with Gasteiger partial charge in [0.1, 0.15) is 23.4 Å². The van der Waals surface area contributed by atoms with Crippen molar-refractivity contribution in [3.63, 3.8) is 0 Å². The average Bonchev–Trinajstić information content (AvgIpc) is 3.36. The first-order chi connectivity index (χ1) is 14.1. The molecular weight excluding hydrogens is 394 g/mol. The molecule has 0 aliphatic carbocycles. The molecule has 1 N–H and O–H groups in total. The molecule has 0 radical (unpaired) electrons. The van der Waals surface area contributed by atoms with E-state index < -0.39 is 0 Å². The molecule has 0 atom stereocenters. The van der Waals surface area contributed by atoms with Crippen LogP contribution in [0.15, 0.2) is 22.8 Å². The first kappa shape index (κ1) is 21.0. The van der Waals surface area contributed by atoms with E-state index in [2.05, 4.69) is 11.4 Å². The van der Waals surface area contributed by atoms with Gasteiger partial charge in [-0.15, -0.1) is 11.3 Å². The molecule has 0 saturated heterocycles. The SMILES string of the molecule is COCCOCC(=O)N1CCc2c(sc(NC(=O)CCc3ccco3)c2C#N)C1. The maximum absolute atomic E-state index is 12.3. The highest BCUT2D eigenvalue weighted by Crippen LogP contribution is 2.36. The molecule has 0 bridgehead atoms. The van der Waals surface area contributed by atoms with E-state index in [1.165, 1.54) is 11.3 Å². The molecule has 0 spiro atoms. The van der Waals surface area contributed by atoms with E-state index in [9.17, 15) is 14.9 Å². The number of ether oxygens (including phenoxy) is 2. The third-order valence-electron chi connectivity index (χ3n) is 4.61. The van der Waals surface area contributed by atoms with Crippen LogP contribution in [0, 0.1) is 11.3 Å². The molecule has 0 unspecified atom stereocenters. The van der Waals surface area contributed by atoms with Gasteiger partial charge in [-0.2, -0.15) is 5.26 Å². The Bertz CT molecular complexity index is 885. The fourth-order valence-electron chi connectivity index (χ4n) is 3.10. The molecule has 2 aromatic heterocycles. The number of thiophene rings is 1. The summed E-state index contributed by atoms with van der Waals surface area (Å²) in [6.45, 7) is 1.76. The van der Waals surface area contributed by atoms with Crippen molar-refractivity contribution in [3.05, 3.63) is 40.2 Å². The van der Waals surface area contributed by atoms with Gasteiger partial charge in [0.25, 0.3) is 0 Å². The lowest BCUT2D eigenvalue weighted by atomic mass is 10.0. The summed E-state index contributed by atoms with van der Waals surface area (Å²) in [5.74, 6) is 0.478. The Kier molecular flexibility index (Phi) is 7.41. The topological polar surface area (TPSA) is 105 Å². The standard InChI is InChI=1S/C20H23N3O5S/c1-26-9-10-27-13-19(25)23-7-6-15-16(11-21)20(29-17(15)12-23)22-18(24)5-4-14-3-2-8-28-14/h2-3,8H,4-7,9-10,12-13H2,1H3,(H,22,24). The van der Waals surface area contributed by atoms with Crippen LogP contribution in [0.3, 0.4) is 0 Å². The predicted octanol–water partition coefficient (Wildman–Crippen LogP) is 2.33. The molecule has 29 heavy (non-hydrogen) atoms. The molecule has 0 saturated carbocycles. The largest absolute Gasteiger partial charge is 0.469 e. The van der Waals surface area contributed by atoms with E-state index >= 15 is 0 Å². The molecule has 2 amide bonds. The van der Waals surface area contributed by atoms with E-state index in [-0.39, 0.29) is 24.8 Å². The summed E-state index contributed by atoms with van der Waals surface area (Å²) >= 11 is 1.36. The molecule has 3 rings (SSSR count). The van der Waals surface area contributed by atoms with Gasteiger partial charge in [0.2, 0.25) is 11.8 Å². The molecule has 8 nitrogen and oxygen atoms in total. The highest BCUT2D eigenvalue weighted by molar-refractivity contribution is 7.16. The van der Waals surface area contributed by atoms with Crippen molar-refractivity contribution >= 4 is 28.2 Å². The number of hydrogen-bond acceptors (Lipinski definition) is 7. The fraction of sp³-hybridized carbons (Fsp3) is 0.450. The van der Waals surface area contributed by atoms with Crippen LogP contribution in [0.25, 0.3) is 0 Å². The van der Waals surface area contributed by atoms with Crippen molar-refractivity contribution in [1.29, 1.82) is 5.26 Å². The number of nitrogens with one attached hydrogen (secondary N) is 1. The number of anilines is 1. The van der Waals surface area contributed by atoms with Crippen LogP contribution in [-0.4, -0.2) is 50.2 Å². The van der Waals surface area contributed by atoms with Gasteiger partial charge in [0, 0.05) is 31.4 Å². The van der Waals surface area contributed by atoms with E-state index in [0.29, 0.717) is 49.7 Å². The quantitative estimate of drug-likeness (QED) is 0.628. The normalized spacial score (nSPS) is 13.0. The van der Waals surface area contributed by atoms with E-state index in [4.69, 9.17) is 13.9 Å². The molecule has 9 heteroatoms. The van der Waals surface area contributed by atoms with Gasteiger partial charge in [-0.05, 0) is 24.1 Å². The summed E-state index contributed by atoms with van der Waals surface area (Å²) in [4.78, 5) is 27.3. The minimum absolute atomic E-state index is 0.00550. The smallest absolute Gasteiger partial charge is 0.248 e. The lowest BCUT2D eigenvalue weighted by molar-refractivity contribution is -0.137. The van der Waals surface area contributed by atoms with Gasteiger partial charge in [-0.1, -0.05) is 0 Å². The second-order valence-electron chi connectivity index (χ2n) is 6.56. The Morgan fingerprint density at radius 1 is 1.41 bits per heavy atom. The van der Waals surface area contributed by atoms with Gasteiger partial charge < -0.3 is 24.1 Å². The number of carbonyl (C=O) groups excluding carboxylic acids is 2. The lowest BCUT2D eigenvalue weighted by Crippen LogP contribution is -2.38. The number of furan rings is 1. The van der Waals surface area contributed by atoms with Crippen LogP contribution in [-0.2, 0) is 38.4 Å². The number of nitriles is 1. The number of fused-ring (bicyclic) bond motifs is 1. The summed E-state index contributed by atoms with van der Waals surface area (Å²) in [6.07, 6.45) is 2.92. The number of nitrogens with zero attached hydrogens (tertiary/aromatic N) is 2. The van der Waals surface area contributed by atoms with Crippen LogP contribution in [0.4, 0.5) is 5.00 Å². The third-order valence-corrected chi connectivity index (χ3v) is 5.74. The molecule has 1 aliphatic heterocycles.